The smallest absolute Gasteiger partial charge is 0.357 e. The lowest BCUT2D eigenvalue weighted by Gasteiger charge is -2.06. The molecule has 0 amide bonds. The summed E-state index contributed by atoms with van der Waals surface area (Å²) in [5, 5.41) is 0. The first-order valence-corrected chi connectivity index (χ1v) is 4.25. The zero-order valence-electron chi connectivity index (χ0n) is 8.06. The Bertz CT molecular complexity index is 347. The first-order chi connectivity index (χ1) is 6.63. The Morgan fingerprint density at radius 3 is 2.86 bits per heavy atom. The van der Waals surface area contributed by atoms with Gasteiger partial charge in [-0.15, -0.1) is 0 Å². The van der Waals surface area contributed by atoms with Crippen LogP contribution >= 0.6 is 0 Å². The number of aldehydes is 1. The van der Waals surface area contributed by atoms with E-state index in [0.717, 1.165) is 0 Å². The van der Waals surface area contributed by atoms with Gasteiger partial charge < -0.3 is 4.74 Å². The molecule has 0 aliphatic carbocycles. The molecule has 0 aliphatic rings. The van der Waals surface area contributed by atoms with E-state index >= 15 is 0 Å². The SMILES string of the molecule is CC(C)OC(=O)c1cc(C=O)ccn1. The van der Waals surface area contributed by atoms with E-state index in [1.165, 1.54) is 18.3 Å². The van der Waals surface area contributed by atoms with E-state index in [9.17, 15) is 9.59 Å². The van der Waals surface area contributed by atoms with Gasteiger partial charge in [0.1, 0.15) is 12.0 Å². The maximum atomic E-state index is 11.3. The molecular formula is C10H11NO3. The van der Waals surface area contributed by atoms with E-state index < -0.39 is 5.97 Å². The molecule has 0 unspecified atom stereocenters. The van der Waals surface area contributed by atoms with Gasteiger partial charge in [0.25, 0.3) is 0 Å². The van der Waals surface area contributed by atoms with Crippen molar-refractivity contribution < 1.29 is 14.3 Å². The molecule has 1 heterocycles. The van der Waals surface area contributed by atoms with Crippen molar-refractivity contribution in [1.29, 1.82) is 0 Å². The molecule has 0 N–H and O–H groups in total. The number of rotatable bonds is 3. The van der Waals surface area contributed by atoms with Gasteiger partial charge in [0.05, 0.1) is 6.10 Å². The van der Waals surface area contributed by atoms with Gasteiger partial charge in [-0.05, 0) is 26.0 Å². The Hall–Kier alpha value is -1.71. The number of ether oxygens (including phenoxy) is 1. The van der Waals surface area contributed by atoms with Crippen LogP contribution in [0.5, 0.6) is 0 Å². The summed E-state index contributed by atoms with van der Waals surface area (Å²) < 4.78 is 4.92. The molecule has 74 valence electrons. The van der Waals surface area contributed by atoms with E-state index in [4.69, 9.17) is 4.74 Å². The quantitative estimate of drug-likeness (QED) is 0.538. The van der Waals surface area contributed by atoms with Crippen molar-refractivity contribution in [2.75, 3.05) is 0 Å². The molecule has 0 aromatic carbocycles. The molecule has 4 nitrogen and oxygen atoms in total. The number of pyridine rings is 1. The highest BCUT2D eigenvalue weighted by atomic mass is 16.5. The Kier molecular flexibility index (Phi) is 3.34. The predicted molar refractivity (Wildman–Crippen MR) is 50.2 cm³/mol. The number of aromatic nitrogens is 1. The summed E-state index contributed by atoms with van der Waals surface area (Å²) in [6, 6.07) is 2.93. The Balaban J connectivity index is 2.84. The summed E-state index contributed by atoms with van der Waals surface area (Å²) in [5.41, 5.74) is 0.569. The standard InChI is InChI=1S/C10H11NO3/c1-7(2)14-10(13)9-5-8(6-12)3-4-11-9/h3-7H,1-2H3. The van der Waals surface area contributed by atoms with Crippen LogP contribution < -0.4 is 0 Å². The number of esters is 1. The highest BCUT2D eigenvalue weighted by Gasteiger charge is 2.10. The van der Waals surface area contributed by atoms with E-state index in [1.807, 2.05) is 0 Å². The molecule has 1 aromatic heterocycles. The van der Waals surface area contributed by atoms with Crippen molar-refractivity contribution in [2.24, 2.45) is 0 Å². The van der Waals surface area contributed by atoms with Crippen molar-refractivity contribution in [3.05, 3.63) is 29.6 Å². The van der Waals surface area contributed by atoms with Crippen molar-refractivity contribution in [3.63, 3.8) is 0 Å². The van der Waals surface area contributed by atoms with Crippen molar-refractivity contribution >= 4 is 12.3 Å². The van der Waals surface area contributed by atoms with E-state index in [-0.39, 0.29) is 11.8 Å². The number of hydrogen-bond acceptors (Lipinski definition) is 4. The first-order valence-electron chi connectivity index (χ1n) is 4.25. The highest BCUT2D eigenvalue weighted by molar-refractivity contribution is 5.89. The molecule has 14 heavy (non-hydrogen) atoms. The van der Waals surface area contributed by atoms with Crippen LogP contribution in [-0.2, 0) is 4.74 Å². The zero-order chi connectivity index (χ0) is 10.6. The summed E-state index contributed by atoms with van der Waals surface area (Å²) in [6.07, 6.45) is 1.87. The topological polar surface area (TPSA) is 56.3 Å². The fourth-order valence-corrected chi connectivity index (χ4v) is 0.906. The minimum Gasteiger partial charge on any atom is -0.458 e. The minimum absolute atomic E-state index is 0.156. The van der Waals surface area contributed by atoms with E-state index in [1.54, 1.807) is 13.8 Å². The second-order valence-corrected chi connectivity index (χ2v) is 3.05. The van der Waals surface area contributed by atoms with Gasteiger partial charge in [-0.3, -0.25) is 4.79 Å². The lowest BCUT2D eigenvalue weighted by atomic mass is 10.2. The lowest BCUT2D eigenvalue weighted by molar-refractivity contribution is 0.0371. The summed E-state index contributed by atoms with van der Waals surface area (Å²) in [6.45, 7) is 3.50. The molecule has 0 bridgehead atoms. The molecule has 0 saturated heterocycles. The number of carbonyl (C=O) groups is 2. The maximum Gasteiger partial charge on any atom is 0.357 e. The number of hydrogen-bond donors (Lipinski definition) is 0. The van der Waals surface area contributed by atoms with Crippen LogP contribution in [-0.4, -0.2) is 23.3 Å². The second kappa shape index (κ2) is 4.50. The maximum absolute atomic E-state index is 11.3. The van der Waals surface area contributed by atoms with Crippen molar-refractivity contribution in [2.45, 2.75) is 20.0 Å². The third-order valence-electron chi connectivity index (χ3n) is 1.47. The van der Waals surface area contributed by atoms with Gasteiger partial charge >= 0.3 is 5.97 Å². The van der Waals surface area contributed by atoms with Crippen LogP contribution in [0.2, 0.25) is 0 Å². The predicted octanol–water partition coefficient (Wildman–Crippen LogP) is 1.46. The molecule has 0 spiro atoms. The molecule has 1 aromatic rings. The first kappa shape index (κ1) is 10.4. The molecular weight excluding hydrogens is 182 g/mol. The molecule has 0 fully saturated rings. The Labute approximate surface area is 81.9 Å². The zero-order valence-corrected chi connectivity index (χ0v) is 8.06. The van der Waals surface area contributed by atoms with Crippen molar-refractivity contribution in [3.8, 4) is 0 Å². The Morgan fingerprint density at radius 2 is 2.29 bits per heavy atom. The number of nitrogens with zero attached hydrogens (tertiary/aromatic N) is 1. The lowest BCUT2D eigenvalue weighted by Crippen LogP contribution is -2.13. The van der Waals surface area contributed by atoms with Crippen LogP contribution in [0.25, 0.3) is 0 Å². The second-order valence-electron chi connectivity index (χ2n) is 3.05. The minimum atomic E-state index is -0.510. The van der Waals surface area contributed by atoms with Crippen LogP contribution in [0.3, 0.4) is 0 Å². The Morgan fingerprint density at radius 1 is 1.57 bits per heavy atom. The summed E-state index contributed by atoms with van der Waals surface area (Å²) >= 11 is 0. The molecule has 0 atom stereocenters. The third-order valence-corrected chi connectivity index (χ3v) is 1.47. The largest absolute Gasteiger partial charge is 0.458 e. The van der Waals surface area contributed by atoms with Gasteiger partial charge in [-0.2, -0.15) is 0 Å². The molecule has 0 saturated carbocycles. The van der Waals surface area contributed by atoms with Crippen LogP contribution in [0.15, 0.2) is 18.3 Å². The van der Waals surface area contributed by atoms with Crippen LogP contribution in [0.1, 0.15) is 34.7 Å². The van der Waals surface area contributed by atoms with Gasteiger partial charge in [-0.25, -0.2) is 9.78 Å². The summed E-state index contributed by atoms with van der Waals surface area (Å²) in [7, 11) is 0. The normalized spacial score (nSPS) is 9.93. The van der Waals surface area contributed by atoms with Gasteiger partial charge in [0.2, 0.25) is 0 Å². The molecule has 4 heteroatoms. The highest BCUT2D eigenvalue weighted by Crippen LogP contribution is 2.03. The summed E-state index contributed by atoms with van der Waals surface area (Å²) in [4.78, 5) is 25.6. The van der Waals surface area contributed by atoms with Gasteiger partial charge in [-0.1, -0.05) is 0 Å². The average molecular weight is 193 g/mol. The molecule has 0 aliphatic heterocycles. The average Bonchev–Trinajstić information content (AvgIpc) is 2.17. The van der Waals surface area contributed by atoms with E-state index in [2.05, 4.69) is 4.98 Å². The van der Waals surface area contributed by atoms with Crippen LogP contribution in [0, 0.1) is 0 Å². The summed E-state index contributed by atoms with van der Waals surface area (Å²) in [5.74, 6) is -0.510. The molecule has 0 radical (unpaired) electrons. The van der Waals surface area contributed by atoms with Gasteiger partial charge in [0, 0.05) is 11.8 Å². The van der Waals surface area contributed by atoms with Crippen molar-refractivity contribution in [1.82, 2.24) is 4.98 Å². The molecule has 1 rings (SSSR count). The fraction of sp³-hybridized carbons (Fsp3) is 0.300. The van der Waals surface area contributed by atoms with E-state index in [0.29, 0.717) is 11.8 Å². The van der Waals surface area contributed by atoms with Gasteiger partial charge in [0.15, 0.2) is 0 Å². The van der Waals surface area contributed by atoms with Crippen LogP contribution in [0.4, 0.5) is 0 Å². The fourth-order valence-electron chi connectivity index (χ4n) is 0.906. The third kappa shape index (κ3) is 2.65. The monoisotopic (exact) mass is 193 g/mol. The number of carbonyl (C=O) groups excluding carboxylic acids is 2.